The van der Waals surface area contributed by atoms with Crippen LogP contribution in [0.25, 0.3) is 11.1 Å². The normalized spacial score (nSPS) is 18.1. The summed E-state index contributed by atoms with van der Waals surface area (Å²) in [6.45, 7) is 6.15. The number of carbonyl (C=O) groups is 4. The predicted molar refractivity (Wildman–Crippen MR) is 252 cm³/mol. The zero-order valence-electron chi connectivity index (χ0n) is 37.6. The van der Waals surface area contributed by atoms with Crippen LogP contribution in [-0.4, -0.2) is 95.4 Å². The summed E-state index contributed by atoms with van der Waals surface area (Å²) in [6, 6.07) is 8.85. The molecule has 8 rings (SSSR count). The van der Waals surface area contributed by atoms with Crippen LogP contribution < -0.4 is 21.1 Å². The summed E-state index contributed by atoms with van der Waals surface area (Å²) in [4.78, 5) is 58.3. The SMILES string of the molecule is CC(Oc1cc(-c2cnn(C3CCCN(CCCc4cn(CCCCCCCCCNc5cccc6c5C(=O)N(C5CCC(=O)NC5=O)C6=O)nn4)C3)c2)cnc1N)c1c(Cl)ccc(F)c1Cl. The number of piperidine rings is 2. The van der Waals surface area contributed by atoms with Gasteiger partial charge in [0.15, 0.2) is 11.6 Å². The van der Waals surface area contributed by atoms with Crippen molar-refractivity contribution in [3.8, 4) is 16.9 Å². The minimum atomic E-state index is -0.980. The number of nitrogen functional groups attached to an aromatic ring is 1. The van der Waals surface area contributed by atoms with Crippen LogP contribution in [0.1, 0.15) is 128 Å². The van der Waals surface area contributed by atoms with Gasteiger partial charge in [-0.05, 0) is 95.3 Å². The Morgan fingerprint density at radius 1 is 0.940 bits per heavy atom. The van der Waals surface area contributed by atoms with E-state index in [0.29, 0.717) is 34.1 Å². The summed E-state index contributed by atoms with van der Waals surface area (Å²) < 4.78 is 24.3. The van der Waals surface area contributed by atoms with Gasteiger partial charge in [-0.3, -0.25) is 38.8 Å². The van der Waals surface area contributed by atoms with Crippen LogP contribution in [0, 0.1) is 5.82 Å². The van der Waals surface area contributed by atoms with E-state index in [1.54, 1.807) is 37.4 Å². The Hall–Kier alpha value is -5.91. The number of aryl methyl sites for hydroxylation is 2. The molecule has 3 unspecified atom stereocenters. The van der Waals surface area contributed by atoms with E-state index in [2.05, 4.69) is 37.0 Å². The number of halogens is 3. The number of unbranched alkanes of at least 4 members (excludes halogenated alkanes) is 6. The van der Waals surface area contributed by atoms with Gasteiger partial charge in [0.05, 0.1) is 34.1 Å². The van der Waals surface area contributed by atoms with Gasteiger partial charge in [-0.2, -0.15) is 5.10 Å². The number of nitrogens with two attached hydrogens (primary N) is 1. The van der Waals surface area contributed by atoms with E-state index in [4.69, 9.17) is 38.8 Å². The van der Waals surface area contributed by atoms with Crippen LogP contribution in [-0.2, 0) is 22.6 Å². The van der Waals surface area contributed by atoms with Crippen LogP contribution in [0.3, 0.4) is 0 Å². The van der Waals surface area contributed by atoms with Crippen molar-refractivity contribution >= 4 is 58.3 Å². The van der Waals surface area contributed by atoms with Crippen molar-refractivity contribution < 1.29 is 28.3 Å². The highest BCUT2D eigenvalue weighted by molar-refractivity contribution is 6.36. The van der Waals surface area contributed by atoms with Gasteiger partial charge in [-0.25, -0.2) is 9.37 Å². The van der Waals surface area contributed by atoms with E-state index in [9.17, 15) is 23.6 Å². The fourth-order valence-corrected chi connectivity index (χ4v) is 9.90. The second-order valence-electron chi connectivity index (χ2n) is 17.6. The zero-order chi connectivity index (χ0) is 47.0. The molecule has 19 heteroatoms. The quantitative estimate of drug-likeness (QED) is 0.0363. The number of pyridine rings is 1. The molecule has 6 heterocycles. The fourth-order valence-electron chi connectivity index (χ4n) is 9.22. The lowest BCUT2D eigenvalue weighted by Crippen LogP contribution is -2.54. The van der Waals surface area contributed by atoms with E-state index in [1.165, 1.54) is 12.1 Å². The number of nitrogens with zero attached hydrogens (tertiary/aromatic N) is 8. The number of aromatic nitrogens is 6. The molecular weight excluding hydrogens is 901 g/mol. The van der Waals surface area contributed by atoms with E-state index in [-0.39, 0.29) is 35.3 Å². The first kappa shape index (κ1) is 47.6. The molecule has 354 valence electrons. The molecule has 2 aromatic carbocycles. The standard InChI is InChI=1S/C48H56Cl2FN11O5/c1-30(42-36(49)16-17-37(51)44(42)50)67-40-24-31(25-54-45(40)52)32-26-55-61(27-32)34-13-11-22-59(29-34)21-10-12-33-28-60(58-57-33)23-8-6-4-2-3-5-7-20-53-38-15-9-14-35-43(38)48(66)62(47(35)65)39-18-19-41(63)56-46(39)64/h9,14-17,24-28,30,34,39,53H,2-8,10-13,18-23,29H2,1H3,(H2,52,54)(H,56,63,64). The molecule has 0 aliphatic carbocycles. The molecule has 4 N–H and O–H groups in total. The first-order valence-corrected chi connectivity index (χ1v) is 24.0. The molecule has 16 nitrogen and oxygen atoms in total. The molecule has 2 saturated heterocycles. The summed E-state index contributed by atoms with van der Waals surface area (Å²) in [5, 5.41) is 19.3. The number of imide groups is 2. The second-order valence-corrected chi connectivity index (χ2v) is 18.4. The smallest absolute Gasteiger partial charge is 0.264 e. The third kappa shape index (κ3) is 11.3. The molecule has 3 atom stereocenters. The van der Waals surface area contributed by atoms with Crippen molar-refractivity contribution in [3.05, 3.63) is 99.4 Å². The summed E-state index contributed by atoms with van der Waals surface area (Å²) in [7, 11) is 0. The molecule has 5 aromatic rings. The molecule has 0 radical (unpaired) electrons. The summed E-state index contributed by atoms with van der Waals surface area (Å²) in [5.74, 6) is -2.06. The number of anilines is 2. The number of rotatable bonds is 21. The Balaban J connectivity index is 0.698. The number of hydrogen-bond acceptors (Lipinski definition) is 12. The highest BCUT2D eigenvalue weighted by Crippen LogP contribution is 2.38. The average Bonchev–Trinajstić information content (AvgIpc) is 4.06. The fraction of sp³-hybridized carbons (Fsp3) is 0.458. The third-order valence-electron chi connectivity index (χ3n) is 12.8. The number of likely N-dealkylation sites (tertiary alicyclic amines) is 1. The van der Waals surface area contributed by atoms with Gasteiger partial charge in [0.25, 0.3) is 11.8 Å². The number of amides is 4. The molecule has 0 spiro atoms. The molecule has 0 saturated carbocycles. The van der Waals surface area contributed by atoms with Gasteiger partial charge >= 0.3 is 0 Å². The van der Waals surface area contributed by atoms with E-state index >= 15 is 0 Å². The van der Waals surface area contributed by atoms with Gasteiger partial charge in [0, 0.05) is 72.0 Å². The highest BCUT2D eigenvalue weighted by atomic mass is 35.5. The van der Waals surface area contributed by atoms with Crippen molar-refractivity contribution in [3.63, 3.8) is 0 Å². The number of ether oxygens (including phenoxy) is 1. The number of carbonyl (C=O) groups excluding carboxylic acids is 4. The Labute approximate surface area is 398 Å². The minimum absolute atomic E-state index is 0.0872. The molecule has 67 heavy (non-hydrogen) atoms. The number of nitrogens with one attached hydrogen (secondary N) is 2. The lowest BCUT2D eigenvalue weighted by Gasteiger charge is -2.32. The summed E-state index contributed by atoms with van der Waals surface area (Å²) in [6.07, 6.45) is 18.6. The second kappa shape index (κ2) is 21.8. The van der Waals surface area contributed by atoms with Gasteiger partial charge < -0.3 is 20.7 Å². The maximum Gasteiger partial charge on any atom is 0.264 e. The van der Waals surface area contributed by atoms with Gasteiger partial charge in [0.1, 0.15) is 18.0 Å². The number of fused-ring (bicyclic) bond motifs is 1. The van der Waals surface area contributed by atoms with Crippen LogP contribution in [0.4, 0.5) is 15.9 Å². The number of hydrogen-bond donors (Lipinski definition) is 3. The van der Waals surface area contributed by atoms with Crippen LogP contribution in [0.2, 0.25) is 10.0 Å². The topological polar surface area (TPSA) is 195 Å². The van der Waals surface area contributed by atoms with Crippen LogP contribution in [0.15, 0.2) is 61.2 Å². The van der Waals surface area contributed by atoms with Crippen molar-refractivity contribution in [2.75, 3.05) is 37.2 Å². The Kier molecular flexibility index (Phi) is 15.5. The highest BCUT2D eigenvalue weighted by Gasteiger charge is 2.45. The van der Waals surface area contributed by atoms with Crippen molar-refractivity contribution in [1.29, 1.82) is 0 Å². The average molecular weight is 957 g/mol. The lowest BCUT2D eigenvalue weighted by molar-refractivity contribution is -0.136. The maximum absolute atomic E-state index is 14.2. The molecule has 3 aliphatic heterocycles. The monoisotopic (exact) mass is 955 g/mol. The first-order chi connectivity index (χ1) is 32.4. The number of benzene rings is 2. The summed E-state index contributed by atoms with van der Waals surface area (Å²) in [5.41, 5.74) is 10.4. The molecule has 4 amide bonds. The van der Waals surface area contributed by atoms with Crippen molar-refractivity contribution in [2.45, 2.75) is 115 Å². The zero-order valence-corrected chi connectivity index (χ0v) is 39.1. The molecule has 2 fully saturated rings. The minimum Gasteiger partial charge on any atom is -0.482 e. The molecule has 3 aliphatic rings. The Morgan fingerprint density at radius 3 is 2.57 bits per heavy atom. The van der Waals surface area contributed by atoms with E-state index < -0.39 is 41.6 Å². The molecular formula is C48H56Cl2FN11O5. The van der Waals surface area contributed by atoms with Crippen LogP contribution in [0.5, 0.6) is 5.75 Å². The van der Waals surface area contributed by atoms with Gasteiger partial charge in [-0.1, -0.05) is 66.6 Å². The summed E-state index contributed by atoms with van der Waals surface area (Å²) >= 11 is 12.6. The van der Waals surface area contributed by atoms with Crippen molar-refractivity contribution in [2.24, 2.45) is 0 Å². The maximum atomic E-state index is 14.2. The Bertz CT molecular complexity index is 2600. The molecule has 0 bridgehead atoms. The lowest BCUT2D eigenvalue weighted by atomic mass is 10.0. The van der Waals surface area contributed by atoms with Gasteiger partial charge in [-0.15, -0.1) is 5.10 Å². The van der Waals surface area contributed by atoms with Crippen molar-refractivity contribution in [1.82, 2.24) is 44.9 Å². The van der Waals surface area contributed by atoms with Gasteiger partial charge in [0.2, 0.25) is 11.8 Å². The molecule has 3 aromatic heterocycles. The predicted octanol–water partition coefficient (Wildman–Crippen LogP) is 8.22. The first-order valence-electron chi connectivity index (χ1n) is 23.2. The third-order valence-corrected chi connectivity index (χ3v) is 13.5. The van der Waals surface area contributed by atoms with E-state index in [0.717, 1.165) is 119 Å². The van der Waals surface area contributed by atoms with Crippen LogP contribution >= 0.6 is 23.2 Å². The largest absolute Gasteiger partial charge is 0.482 e. The van der Waals surface area contributed by atoms with E-state index in [1.807, 2.05) is 21.8 Å². The Morgan fingerprint density at radius 2 is 1.75 bits per heavy atom.